The normalized spacial score (nSPS) is 12.8. The third-order valence-electron chi connectivity index (χ3n) is 3.43. The highest BCUT2D eigenvalue weighted by molar-refractivity contribution is 7.88. The third kappa shape index (κ3) is 4.46. The fraction of sp³-hybridized carbons (Fsp3) is 0.250. The first-order valence-corrected chi connectivity index (χ1v) is 8.76. The summed E-state index contributed by atoms with van der Waals surface area (Å²) in [5, 5.41) is 11.2. The highest BCUT2D eigenvalue weighted by atomic mass is 32.2. The second kappa shape index (κ2) is 7.49. The number of nitrogens with one attached hydrogen (secondary N) is 1. The molecule has 2 rings (SSSR count). The fourth-order valence-electron chi connectivity index (χ4n) is 2.04. The van der Waals surface area contributed by atoms with Gasteiger partial charge in [0, 0.05) is 20.5 Å². The maximum Gasteiger partial charge on any atom is 0.326 e. The van der Waals surface area contributed by atoms with Crippen LogP contribution in [0.2, 0.25) is 0 Å². The second-order valence-electron chi connectivity index (χ2n) is 5.46. The smallest absolute Gasteiger partial charge is 0.326 e. The van der Waals surface area contributed by atoms with Gasteiger partial charge in [0.15, 0.2) is 5.76 Å². The van der Waals surface area contributed by atoms with Crippen LogP contribution >= 0.6 is 0 Å². The van der Waals surface area contributed by atoms with E-state index >= 15 is 0 Å². The molecule has 2 aromatic rings. The van der Waals surface area contributed by atoms with Gasteiger partial charge in [-0.1, -0.05) is 30.3 Å². The number of carbonyl (C=O) groups excluding carboxylic acids is 1. The van der Waals surface area contributed by atoms with E-state index in [1.807, 2.05) is 0 Å². The van der Waals surface area contributed by atoms with Gasteiger partial charge < -0.3 is 14.8 Å². The molecule has 0 aliphatic carbocycles. The van der Waals surface area contributed by atoms with Crippen molar-refractivity contribution in [2.24, 2.45) is 0 Å². The molecule has 1 heterocycles. The van der Waals surface area contributed by atoms with Crippen LogP contribution in [0.25, 0.3) is 0 Å². The number of nitrogens with zero attached hydrogens (tertiary/aromatic N) is 1. The van der Waals surface area contributed by atoms with Crippen molar-refractivity contribution >= 4 is 21.9 Å². The number of carbonyl (C=O) groups is 2. The van der Waals surface area contributed by atoms with Crippen molar-refractivity contribution in [1.82, 2.24) is 9.62 Å². The topological polar surface area (TPSA) is 117 Å². The number of amides is 1. The SMILES string of the molecule is CN(C)S(=O)(=O)c1ccc(C(=O)NC(Cc2ccccc2)C(=O)O)o1. The Balaban J connectivity index is 2.14. The van der Waals surface area contributed by atoms with Crippen LogP contribution in [0.15, 0.2) is 52.0 Å². The Morgan fingerprint density at radius 3 is 2.36 bits per heavy atom. The summed E-state index contributed by atoms with van der Waals surface area (Å²) < 4.78 is 29.9. The van der Waals surface area contributed by atoms with E-state index in [2.05, 4.69) is 5.32 Å². The minimum absolute atomic E-state index is 0.0888. The van der Waals surface area contributed by atoms with Crippen LogP contribution in [0.4, 0.5) is 0 Å². The first-order chi connectivity index (χ1) is 11.7. The lowest BCUT2D eigenvalue weighted by Crippen LogP contribution is -2.42. The van der Waals surface area contributed by atoms with Gasteiger partial charge in [0.2, 0.25) is 5.09 Å². The van der Waals surface area contributed by atoms with Crippen LogP contribution in [-0.2, 0) is 21.2 Å². The van der Waals surface area contributed by atoms with Gasteiger partial charge in [0.25, 0.3) is 15.9 Å². The van der Waals surface area contributed by atoms with Gasteiger partial charge in [-0.2, -0.15) is 0 Å². The van der Waals surface area contributed by atoms with E-state index in [4.69, 9.17) is 4.42 Å². The molecule has 1 atom stereocenters. The molecule has 1 amide bonds. The van der Waals surface area contributed by atoms with Crippen LogP contribution in [0.1, 0.15) is 16.1 Å². The number of carboxylic acid groups (broad SMARTS) is 1. The minimum Gasteiger partial charge on any atom is -0.480 e. The third-order valence-corrected chi connectivity index (χ3v) is 5.12. The van der Waals surface area contributed by atoms with Gasteiger partial charge in [-0.3, -0.25) is 4.79 Å². The van der Waals surface area contributed by atoms with Crippen molar-refractivity contribution in [2.45, 2.75) is 17.6 Å². The monoisotopic (exact) mass is 366 g/mol. The fourth-order valence-corrected chi connectivity index (χ4v) is 2.84. The summed E-state index contributed by atoms with van der Waals surface area (Å²) in [5.74, 6) is -2.28. The predicted molar refractivity (Wildman–Crippen MR) is 88.6 cm³/mol. The standard InChI is InChI=1S/C16H18N2O6S/c1-18(2)25(22,23)14-9-8-13(24-14)15(19)17-12(16(20)21)10-11-6-4-3-5-7-11/h3-9,12H,10H2,1-2H3,(H,17,19)(H,20,21). The number of rotatable bonds is 7. The van der Waals surface area contributed by atoms with Gasteiger partial charge in [-0.15, -0.1) is 0 Å². The molecule has 0 spiro atoms. The van der Waals surface area contributed by atoms with Gasteiger partial charge in [0.1, 0.15) is 6.04 Å². The maximum atomic E-state index is 12.2. The lowest BCUT2D eigenvalue weighted by Gasteiger charge is -2.13. The molecule has 0 bridgehead atoms. The summed E-state index contributed by atoms with van der Waals surface area (Å²) in [5.41, 5.74) is 0.741. The van der Waals surface area contributed by atoms with Gasteiger partial charge in [-0.25, -0.2) is 17.5 Å². The van der Waals surface area contributed by atoms with Crippen LogP contribution in [-0.4, -0.2) is 49.8 Å². The number of benzene rings is 1. The minimum atomic E-state index is -3.81. The van der Waals surface area contributed by atoms with Crippen molar-refractivity contribution < 1.29 is 27.5 Å². The van der Waals surface area contributed by atoms with Gasteiger partial charge >= 0.3 is 5.97 Å². The van der Waals surface area contributed by atoms with Crippen LogP contribution in [0, 0.1) is 0 Å². The molecular weight excluding hydrogens is 348 g/mol. The lowest BCUT2D eigenvalue weighted by molar-refractivity contribution is -0.139. The summed E-state index contributed by atoms with van der Waals surface area (Å²) in [6.45, 7) is 0. The molecule has 0 saturated carbocycles. The van der Waals surface area contributed by atoms with E-state index in [9.17, 15) is 23.1 Å². The number of hydrogen-bond donors (Lipinski definition) is 2. The first-order valence-electron chi connectivity index (χ1n) is 7.32. The van der Waals surface area contributed by atoms with Crippen molar-refractivity contribution in [2.75, 3.05) is 14.1 Å². The zero-order valence-electron chi connectivity index (χ0n) is 13.7. The number of carboxylic acids is 1. The predicted octanol–water partition coefficient (Wildman–Crippen LogP) is 0.956. The molecule has 2 N–H and O–H groups in total. The largest absolute Gasteiger partial charge is 0.480 e. The van der Waals surface area contributed by atoms with Crippen LogP contribution in [0.5, 0.6) is 0 Å². The zero-order valence-corrected chi connectivity index (χ0v) is 14.5. The molecule has 1 aromatic heterocycles. The van der Waals surface area contributed by atoms with E-state index in [-0.39, 0.29) is 12.2 Å². The molecule has 8 nitrogen and oxygen atoms in total. The first kappa shape index (κ1) is 18.7. The Morgan fingerprint density at radius 2 is 1.80 bits per heavy atom. The Kier molecular flexibility index (Phi) is 5.60. The van der Waals surface area contributed by atoms with E-state index < -0.39 is 33.0 Å². The molecule has 25 heavy (non-hydrogen) atoms. The Morgan fingerprint density at radius 1 is 1.16 bits per heavy atom. The van der Waals surface area contributed by atoms with Crippen LogP contribution in [0.3, 0.4) is 0 Å². The molecule has 0 aliphatic heterocycles. The Labute approximate surface area is 145 Å². The van der Waals surface area contributed by atoms with E-state index in [1.165, 1.54) is 20.2 Å². The number of aliphatic carboxylic acids is 1. The maximum absolute atomic E-state index is 12.2. The van der Waals surface area contributed by atoms with Gasteiger partial charge in [0.05, 0.1) is 0 Å². The average molecular weight is 366 g/mol. The quantitative estimate of drug-likeness (QED) is 0.754. The molecule has 1 aromatic carbocycles. The number of hydrogen-bond acceptors (Lipinski definition) is 5. The number of furan rings is 1. The highest BCUT2D eigenvalue weighted by Crippen LogP contribution is 2.17. The number of sulfonamides is 1. The summed E-state index contributed by atoms with van der Waals surface area (Å²) in [7, 11) is -1.15. The molecule has 0 fully saturated rings. The Bertz CT molecular complexity index is 858. The molecule has 0 radical (unpaired) electrons. The summed E-state index contributed by atoms with van der Waals surface area (Å²) in [4.78, 5) is 23.6. The second-order valence-corrected chi connectivity index (χ2v) is 7.54. The molecule has 0 aliphatic rings. The Hall–Kier alpha value is -2.65. The summed E-state index contributed by atoms with van der Waals surface area (Å²) >= 11 is 0. The molecule has 0 saturated heterocycles. The van der Waals surface area contributed by atoms with Crippen molar-refractivity contribution in [3.63, 3.8) is 0 Å². The van der Waals surface area contributed by atoms with Crippen molar-refractivity contribution in [1.29, 1.82) is 0 Å². The average Bonchev–Trinajstić information content (AvgIpc) is 3.05. The lowest BCUT2D eigenvalue weighted by atomic mass is 10.1. The van der Waals surface area contributed by atoms with Crippen molar-refractivity contribution in [3.8, 4) is 0 Å². The zero-order chi connectivity index (χ0) is 18.6. The van der Waals surface area contributed by atoms with E-state index in [0.717, 1.165) is 15.9 Å². The van der Waals surface area contributed by atoms with E-state index in [1.54, 1.807) is 30.3 Å². The highest BCUT2D eigenvalue weighted by Gasteiger charge is 2.26. The summed E-state index contributed by atoms with van der Waals surface area (Å²) in [6, 6.07) is 9.99. The van der Waals surface area contributed by atoms with E-state index in [0.29, 0.717) is 0 Å². The van der Waals surface area contributed by atoms with Crippen molar-refractivity contribution in [3.05, 3.63) is 53.8 Å². The van der Waals surface area contributed by atoms with Crippen LogP contribution < -0.4 is 5.32 Å². The molecule has 134 valence electrons. The van der Waals surface area contributed by atoms with Gasteiger partial charge in [-0.05, 0) is 17.7 Å². The molecular formula is C16H18N2O6S. The summed E-state index contributed by atoms with van der Waals surface area (Å²) in [6.07, 6.45) is 0.0888. The molecule has 9 heteroatoms. The molecule has 1 unspecified atom stereocenters.